The number of amides is 2. The van der Waals surface area contributed by atoms with E-state index < -0.39 is 6.04 Å². The summed E-state index contributed by atoms with van der Waals surface area (Å²) >= 11 is 3.51. The minimum absolute atomic E-state index is 0.0935. The molecule has 1 saturated carbocycles. The molecule has 4 nitrogen and oxygen atoms in total. The topological polar surface area (TPSA) is 49.4 Å². The highest BCUT2D eigenvalue weighted by atomic mass is 79.9. The second kappa shape index (κ2) is 12.1. The lowest BCUT2D eigenvalue weighted by Gasteiger charge is -2.32. The number of halogens is 2. The van der Waals surface area contributed by atoms with Crippen LogP contribution in [0.4, 0.5) is 4.39 Å². The smallest absolute Gasteiger partial charge is 0.243 e. The molecule has 0 heterocycles. The summed E-state index contributed by atoms with van der Waals surface area (Å²) in [7, 11) is 0. The summed E-state index contributed by atoms with van der Waals surface area (Å²) in [5, 5.41) is 3.21. The number of hydrogen-bond donors (Lipinski definition) is 1. The van der Waals surface area contributed by atoms with Gasteiger partial charge >= 0.3 is 0 Å². The first-order valence-corrected chi connectivity index (χ1v) is 12.9. The number of benzene rings is 3. The van der Waals surface area contributed by atoms with Crippen LogP contribution >= 0.6 is 15.9 Å². The van der Waals surface area contributed by atoms with Gasteiger partial charge in [0.05, 0.1) is 6.42 Å². The van der Waals surface area contributed by atoms with E-state index in [1.807, 2.05) is 54.6 Å². The molecule has 1 aliphatic rings. The molecule has 1 fully saturated rings. The van der Waals surface area contributed by atoms with Crippen LogP contribution in [0, 0.1) is 5.82 Å². The molecule has 1 N–H and O–H groups in total. The summed E-state index contributed by atoms with van der Waals surface area (Å²) in [5.41, 5.74) is 2.64. The van der Waals surface area contributed by atoms with E-state index >= 15 is 0 Å². The van der Waals surface area contributed by atoms with Gasteiger partial charge in [0.15, 0.2) is 0 Å². The molecule has 3 aromatic carbocycles. The van der Waals surface area contributed by atoms with Crippen molar-refractivity contribution < 1.29 is 14.0 Å². The maximum Gasteiger partial charge on any atom is 0.243 e. The molecule has 0 unspecified atom stereocenters. The van der Waals surface area contributed by atoms with Crippen molar-refractivity contribution in [2.75, 3.05) is 0 Å². The van der Waals surface area contributed by atoms with Gasteiger partial charge in [-0.2, -0.15) is 0 Å². The predicted octanol–water partition coefficient (Wildman–Crippen LogP) is 5.83. The van der Waals surface area contributed by atoms with Gasteiger partial charge in [0.25, 0.3) is 0 Å². The van der Waals surface area contributed by atoms with E-state index in [2.05, 4.69) is 21.2 Å². The Hall–Kier alpha value is -2.99. The Balaban J connectivity index is 1.65. The van der Waals surface area contributed by atoms with Crippen LogP contribution in [-0.2, 0) is 29.0 Å². The first kappa shape index (κ1) is 25.1. The van der Waals surface area contributed by atoms with Crippen molar-refractivity contribution in [1.29, 1.82) is 0 Å². The molecule has 0 aliphatic heterocycles. The number of nitrogens with zero attached hydrogens (tertiary/aromatic N) is 1. The molecule has 0 saturated heterocycles. The molecule has 0 aromatic heterocycles. The van der Waals surface area contributed by atoms with Crippen LogP contribution in [0.5, 0.6) is 0 Å². The highest BCUT2D eigenvalue weighted by molar-refractivity contribution is 9.10. The van der Waals surface area contributed by atoms with E-state index in [4.69, 9.17) is 0 Å². The number of nitrogens with one attached hydrogen (secondary N) is 1. The SMILES string of the molecule is O=C(NC1CCCC1)[C@H](Cc1ccccc1)N(Cc1cccc(Br)c1)C(=O)Cc1ccc(F)cc1. The van der Waals surface area contributed by atoms with Crippen molar-refractivity contribution in [3.05, 3.63) is 106 Å². The van der Waals surface area contributed by atoms with Gasteiger partial charge in [0, 0.05) is 23.5 Å². The van der Waals surface area contributed by atoms with E-state index in [0.29, 0.717) is 18.5 Å². The molecule has 1 atom stereocenters. The van der Waals surface area contributed by atoms with Crippen LogP contribution in [0.25, 0.3) is 0 Å². The molecule has 1 aliphatic carbocycles. The molecule has 0 spiro atoms. The zero-order valence-corrected chi connectivity index (χ0v) is 21.2. The predicted molar refractivity (Wildman–Crippen MR) is 139 cm³/mol. The Kier molecular flexibility index (Phi) is 8.69. The van der Waals surface area contributed by atoms with Gasteiger partial charge in [-0.15, -0.1) is 0 Å². The normalized spacial score (nSPS) is 14.5. The third-order valence-corrected chi connectivity index (χ3v) is 6.98. The number of rotatable bonds is 9. The van der Waals surface area contributed by atoms with Crippen LogP contribution in [0.3, 0.4) is 0 Å². The first-order chi connectivity index (χ1) is 17.0. The monoisotopic (exact) mass is 536 g/mol. The lowest BCUT2D eigenvalue weighted by atomic mass is 10.0. The van der Waals surface area contributed by atoms with Gasteiger partial charge in [0.2, 0.25) is 11.8 Å². The minimum Gasteiger partial charge on any atom is -0.352 e. The Morgan fingerprint density at radius 1 is 0.914 bits per heavy atom. The highest BCUT2D eigenvalue weighted by Gasteiger charge is 2.32. The highest BCUT2D eigenvalue weighted by Crippen LogP contribution is 2.21. The molecule has 4 rings (SSSR count). The number of hydrogen-bond acceptors (Lipinski definition) is 2. The van der Waals surface area contributed by atoms with Crippen molar-refractivity contribution in [2.45, 2.75) is 57.2 Å². The van der Waals surface area contributed by atoms with Crippen LogP contribution in [0.2, 0.25) is 0 Å². The van der Waals surface area contributed by atoms with Gasteiger partial charge in [0.1, 0.15) is 11.9 Å². The summed E-state index contributed by atoms with van der Waals surface area (Å²) in [6, 6.07) is 23.0. The van der Waals surface area contributed by atoms with Crippen molar-refractivity contribution in [2.24, 2.45) is 0 Å². The molecule has 182 valence electrons. The van der Waals surface area contributed by atoms with E-state index in [-0.39, 0.29) is 30.1 Å². The summed E-state index contributed by atoms with van der Waals surface area (Å²) in [6.45, 7) is 0.301. The minimum atomic E-state index is -0.662. The summed E-state index contributed by atoms with van der Waals surface area (Å²) < 4.78 is 14.3. The van der Waals surface area contributed by atoms with E-state index in [0.717, 1.165) is 41.3 Å². The Morgan fingerprint density at radius 2 is 1.60 bits per heavy atom. The van der Waals surface area contributed by atoms with Gasteiger partial charge in [-0.25, -0.2) is 4.39 Å². The molecule has 6 heteroatoms. The summed E-state index contributed by atoms with van der Waals surface area (Å²) in [6.07, 6.45) is 4.68. The van der Waals surface area contributed by atoms with Crippen molar-refractivity contribution in [3.8, 4) is 0 Å². The number of carbonyl (C=O) groups is 2. The van der Waals surface area contributed by atoms with Gasteiger partial charge in [-0.1, -0.05) is 83.4 Å². The fraction of sp³-hybridized carbons (Fsp3) is 0.310. The average Bonchev–Trinajstić information content (AvgIpc) is 3.36. The average molecular weight is 537 g/mol. The molecular weight excluding hydrogens is 507 g/mol. The van der Waals surface area contributed by atoms with Crippen molar-refractivity contribution in [1.82, 2.24) is 10.2 Å². The molecule has 35 heavy (non-hydrogen) atoms. The molecule has 2 amide bonds. The molecule has 3 aromatic rings. The third kappa shape index (κ3) is 7.25. The zero-order valence-electron chi connectivity index (χ0n) is 19.6. The van der Waals surface area contributed by atoms with Crippen LogP contribution < -0.4 is 5.32 Å². The van der Waals surface area contributed by atoms with Gasteiger partial charge in [-0.05, 0) is 53.8 Å². The molecule has 0 radical (unpaired) electrons. The second-order valence-corrected chi connectivity index (χ2v) is 10.1. The number of carbonyl (C=O) groups excluding carboxylic acids is 2. The summed E-state index contributed by atoms with van der Waals surface area (Å²) in [4.78, 5) is 29.0. The fourth-order valence-electron chi connectivity index (χ4n) is 4.63. The largest absolute Gasteiger partial charge is 0.352 e. The first-order valence-electron chi connectivity index (χ1n) is 12.1. The maximum atomic E-state index is 13.7. The van der Waals surface area contributed by atoms with Crippen LogP contribution in [0.1, 0.15) is 42.4 Å². The van der Waals surface area contributed by atoms with Gasteiger partial charge < -0.3 is 10.2 Å². The Bertz CT molecular complexity index is 1130. The molecular formula is C29H30BrFN2O2. The van der Waals surface area contributed by atoms with E-state index in [9.17, 15) is 14.0 Å². The second-order valence-electron chi connectivity index (χ2n) is 9.15. The lowest BCUT2D eigenvalue weighted by Crippen LogP contribution is -2.52. The zero-order chi connectivity index (χ0) is 24.6. The van der Waals surface area contributed by atoms with Crippen molar-refractivity contribution in [3.63, 3.8) is 0 Å². The van der Waals surface area contributed by atoms with Crippen LogP contribution in [0.15, 0.2) is 83.3 Å². The fourth-order valence-corrected chi connectivity index (χ4v) is 5.08. The Morgan fingerprint density at radius 3 is 2.29 bits per heavy atom. The van der Waals surface area contributed by atoms with E-state index in [1.165, 1.54) is 12.1 Å². The maximum absolute atomic E-state index is 13.7. The van der Waals surface area contributed by atoms with Crippen LogP contribution in [-0.4, -0.2) is 28.8 Å². The standard InChI is InChI=1S/C29H30BrFN2O2/c30-24-10-6-9-23(17-24)20-33(28(34)19-22-13-15-25(31)16-14-22)27(18-21-7-2-1-3-8-21)29(35)32-26-11-4-5-12-26/h1-3,6-10,13-17,26-27H,4-5,11-12,18-20H2,(H,32,35)/t27-/m0/s1. The quantitative estimate of drug-likeness (QED) is 0.374. The summed E-state index contributed by atoms with van der Waals surface area (Å²) in [5.74, 6) is -0.632. The third-order valence-electron chi connectivity index (χ3n) is 6.48. The molecule has 0 bridgehead atoms. The Labute approximate surface area is 214 Å². The van der Waals surface area contributed by atoms with Crippen molar-refractivity contribution >= 4 is 27.7 Å². The van der Waals surface area contributed by atoms with Gasteiger partial charge in [-0.3, -0.25) is 9.59 Å². The lowest BCUT2D eigenvalue weighted by molar-refractivity contribution is -0.141. The van der Waals surface area contributed by atoms with E-state index in [1.54, 1.807) is 17.0 Å².